The highest BCUT2D eigenvalue weighted by Crippen LogP contribution is 2.27. The molecular weight excluding hydrogens is 425 g/mol. The fraction of sp³-hybridized carbons (Fsp3) is 0.316. The van der Waals surface area contributed by atoms with Crippen molar-refractivity contribution in [3.8, 4) is 5.75 Å². The van der Waals surface area contributed by atoms with Gasteiger partial charge in [-0.25, -0.2) is 8.42 Å². The van der Waals surface area contributed by atoms with E-state index < -0.39 is 28.7 Å². The van der Waals surface area contributed by atoms with Gasteiger partial charge in [0, 0.05) is 18.7 Å². The Morgan fingerprint density at radius 3 is 2.33 bits per heavy atom. The first-order valence-electron chi connectivity index (χ1n) is 8.95. The Morgan fingerprint density at radius 2 is 1.70 bits per heavy atom. The molecule has 1 heterocycles. The molecule has 2 aromatic rings. The van der Waals surface area contributed by atoms with Crippen LogP contribution in [-0.2, 0) is 14.8 Å². The predicted octanol–water partition coefficient (Wildman–Crippen LogP) is 2.90. The van der Waals surface area contributed by atoms with Crippen molar-refractivity contribution in [2.45, 2.75) is 11.1 Å². The molecule has 0 unspecified atom stereocenters. The number of nitrogens with zero attached hydrogens (tertiary/aromatic N) is 1. The zero-order chi connectivity index (χ0) is 21.8. The van der Waals surface area contributed by atoms with Crippen molar-refractivity contribution in [3.05, 3.63) is 54.1 Å². The maximum Gasteiger partial charge on any atom is 0.422 e. The van der Waals surface area contributed by atoms with Crippen LogP contribution in [0.1, 0.15) is 10.4 Å². The number of alkyl halides is 3. The number of hydrogen-bond acceptors (Lipinski definition) is 5. The summed E-state index contributed by atoms with van der Waals surface area (Å²) in [6, 6.07) is 11.0. The number of morpholine rings is 1. The Morgan fingerprint density at radius 1 is 1.07 bits per heavy atom. The first-order valence-corrected chi connectivity index (χ1v) is 10.4. The molecule has 11 heteroatoms. The fourth-order valence-corrected chi connectivity index (χ4v) is 4.17. The molecule has 3 rings (SSSR count). The Bertz CT molecular complexity index is 988. The van der Waals surface area contributed by atoms with Gasteiger partial charge in [0.05, 0.1) is 23.8 Å². The van der Waals surface area contributed by atoms with Gasteiger partial charge in [0.2, 0.25) is 10.0 Å². The van der Waals surface area contributed by atoms with Gasteiger partial charge in [-0.1, -0.05) is 12.1 Å². The number of para-hydroxylation sites is 2. The quantitative estimate of drug-likeness (QED) is 0.741. The van der Waals surface area contributed by atoms with Crippen LogP contribution >= 0.6 is 0 Å². The minimum Gasteiger partial charge on any atom is -0.482 e. The molecule has 2 aromatic carbocycles. The highest BCUT2D eigenvalue weighted by Gasteiger charge is 2.29. The standard InChI is InChI=1S/C19H19F3N2O5S/c20-19(21,22)13-29-17-4-2-1-3-16(17)23-18(25)14-5-7-15(8-6-14)30(26,27)24-9-11-28-12-10-24/h1-8H,9-13H2,(H,23,25). The van der Waals surface area contributed by atoms with E-state index in [1.807, 2.05) is 0 Å². The van der Waals surface area contributed by atoms with Gasteiger partial charge in [0.1, 0.15) is 5.75 Å². The third-order valence-corrected chi connectivity index (χ3v) is 6.16. The Labute approximate surface area is 171 Å². The van der Waals surface area contributed by atoms with Crippen molar-refractivity contribution in [1.82, 2.24) is 4.31 Å². The van der Waals surface area contributed by atoms with E-state index in [4.69, 9.17) is 9.47 Å². The highest BCUT2D eigenvalue weighted by atomic mass is 32.2. The van der Waals surface area contributed by atoms with Gasteiger partial charge in [-0.15, -0.1) is 0 Å². The van der Waals surface area contributed by atoms with Crippen LogP contribution < -0.4 is 10.1 Å². The Balaban J connectivity index is 1.71. The number of carbonyl (C=O) groups excluding carboxylic acids is 1. The zero-order valence-electron chi connectivity index (χ0n) is 15.7. The van der Waals surface area contributed by atoms with Crippen molar-refractivity contribution in [1.29, 1.82) is 0 Å². The van der Waals surface area contributed by atoms with Gasteiger partial charge in [0.15, 0.2) is 6.61 Å². The van der Waals surface area contributed by atoms with E-state index in [2.05, 4.69) is 5.32 Å². The molecule has 162 valence electrons. The van der Waals surface area contributed by atoms with E-state index in [1.165, 1.54) is 52.8 Å². The number of carbonyl (C=O) groups is 1. The summed E-state index contributed by atoms with van der Waals surface area (Å²) in [6.07, 6.45) is -4.51. The number of benzene rings is 2. The normalized spacial score (nSPS) is 15.6. The molecule has 0 radical (unpaired) electrons. The third kappa shape index (κ3) is 5.49. The molecule has 0 bridgehead atoms. The van der Waals surface area contributed by atoms with Gasteiger partial charge < -0.3 is 14.8 Å². The third-order valence-electron chi connectivity index (χ3n) is 4.25. The lowest BCUT2D eigenvalue weighted by Gasteiger charge is -2.26. The minimum absolute atomic E-state index is 0.0369. The number of amides is 1. The van der Waals surface area contributed by atoms with Gasteiger partial charge in [-0.05, 0) is 36.4 Å². The smallest absolute Gasteiger partial charge is 0.422 e. The number of rotatable bonds is 6. The average molecular weight is 444 g/mol. The van der Waals surface area contributed by atoms with Gasteiger partial charge in [-0.3, -0.25) is 4.79 Å². The number of halogens is 3. The van der Waals surface area contributed by atoms with Crippen LogP contribution in [0.15, 0.2) is 53.4 Å². The van der Waals surface area contributed by atoms with Crippen LogP contribution in [0.2, 0.25) is 0 Å². The van der Waals surface area contributed by atoms with E-state index in [0.717, 1.165) is 0 Å². The molecule has 30 heavy (non-hydrogen) atoms. The largest absolute Gasteiger partial charge is 0.482 e. The summed E-state index contributed by atoms with van der Waals surface area (Å²) in [5.41, 5.74) is 0.207. The zero-order valence-corrected chi connectivity index (χ0v) is 16.5. The van der Waals surface area contributed by atoms with Crippen LogP contribution in [0, 0.1) is 0 Å². The number of anilines is 1. The van der Waals surface area contributed by atoms with E-state index in [9.17, 15) is 26.4 Å². The number of ether oxygens (including phenoxy) is 2. The van der Waals surface area contributed by atoms with Crippen LogP contribution in [0.3, 0.4) is 0 Å². The summed E-state index contributed by atoms with van der Waals surface area (Å²) < 4.78 is 73.6. The van der Waals surface area contributed by atoms with Crippen LogP contribution in [0.5, 0.6) is 5.75 Å². The topological polar surface area (TPSA) is 84.9 Å². The summed E-state index contributed by atoms with van der Waals surface area (Å²) in [6.45, 7) is -0.363. The van der Waals surface area contributed by atoms with Crippen molar-refractivity contribution in [2.24, 2.45) is 0 Å². The predicted molar refractivity (Wildman–Crippen MR) is 102 cm³/mol. The van der Waals surface area contributed by atoms with Crippen LogP contribution in [0.4, 0.5) is 18.9 Å². The molecule has 1 N–H and O–H groups in total. The summed E-state index contributed by atoms with van der Waals surface area (Å²) in [5.74, 6) is -0.747. The van der Waals surface area contributed by atoms with Crippen molar-refractivity contribution < 1.29 is 35.9 Å². The first kappa shape index (κ1) is 22.1. The molecule has 1 saturated heterocycles. The molecule has 1 fully saturated rings. The molecule has 0 atom stereocenters. The molecule has 1 aliphatic heterocycles. The highest BCUT2D eigenvalue weighted by molar-refractivity contribution is 7.89. The van der Waals surface area contributed by atoms with Crippen LogP contribution in [-0.4, -0.2) is 57.7 Å². The number of sulfonamides is 1. The lowest BCUT2D eigenvalue weighted by atomic mass is 10.2. The van der Waals surface area contributed by atoms with Gasteiger partial charge >= 0.3 is 6.18 Å². The number of nitrogens with one attached hydrogen (secondary N) is 1. The molecule has 0 aromatic heterocycles. The maximum atomic E-state index is 12.6. The molecular formula is C19H19F3N2O5S. The van der Waals surface area contributed by atoms with E-state index in [1.54, 1.807) is 0 Å². The van der Waals surface area contributed by atoms with Crippen LogP contribution in [0.25, 0.3) is 0 Å². The van der Waals surface area contributed by atoms with E-state index >= 15 is 0 Å². The first-order chi connectivity index (χ1) is 14.2. The Hall–Kier alpha value is -2.63. The van der Waals surface area contributed by atoms with E-state index in [0.29, 0.717) is 13.2 Å². The molecule has 7 nitrogen and oxygen atoms in total. The summed E-state index contributed by atoms with van der Waals surface area (Å²) >= 11 is 0. The van der Waals surface area contributed by atoms with Gasteiger partial charge in [0.25, 0.3) is 5.91 Å². The SMILES string of the molecule is O=C(Nc1ccccc1OCC(F)(F)F)c1ccc(S(=O)(=O)N2CCOCC2)cc1. The second-order valence-electron chi connectivity index (χ2n) is 6.39. The molecule has 0 spiro atoms. The second-order valence-corrected chi connectivity index (χ2v) is 8.33. The van der Waals surface area contributed by atoms with Gasteiger partial charge in [-0.2, -0.15) is 17.5 Å². The number of hydrogen-bond donors (Lipinski definition) is 1. The fourth-order valence-electron chi connectivity index (χ4n) is 2.76. The summed E-state index contributed by atoms with van der Waals surface area (Å²) in [7, 11) is -3.70. The summed E-state index contributed by atoms with van der Waals surface area (Å²) in [5, 5.41) is 2.48. The van der Waals surface area contributed by atoms with Crippen molar-refractivity contribution in [2.75, 3.05) is 38.2 Å². The lowest BCUT2D eigenvalue weighted by Crippen LogP contribution is -2.40. The monoisotopic (exact) mass is 444 g/mol. The molecule has 0 aliphatic carbocycles. The Kier molecular flexibility index (Phi) is 6.64. The average Bonchev–Trinajstić information content (AvgIpc) is 2.73. The molecule has 1 aliphatic rings. The molecule has 0 saturated carbocycles. The van der Waals surface area contributed by atoms with E-state index in [-0.39, 0.29) is 35.0 Å². The summed E-state index contributed by atoms with van der Waals surface area (Å²) in [4.78, 5) is 12.5. The molecule has 1 amide bonds. The lowest BCUT2D eigenvalue weighted by molar-refractivity contribution is -0.153. The second kappa shape index (κ2) is 9.02. The minimum atomic E-state index is -4.51. The maximum absolute atomic E-state index is 12.6. The van der Waals surface area contributed by atoms with Crippen molar-refractivity contribution in [3.63, 3.8) is 0 Å². The van der Waals surface area contributed by atoms with Crippen molar-refractivity contribution >= 4 is 21.6 Å².